The zero-order valence-electron chi connectivity index (χ0n) is 9.43. The zero-order chi connectivity index (χ0) is 12.7. The summed E-state index contributed by atoms with van der Waals surface area (Å²) in [6, 6.07) is -0.807. The Kier molecular flexibility index (Phi) is 5.21. The fourth-order valence-corrected chi connectivity index (χ4v) is 1.06. The quantitative estimate of drug-likeness (QED) is 0.501. The first-order valence-electron chi connectivity index (χ1n) is 5.28. The van der Waals surface area contributed by atoms with E-state index in [0.717, 1.165) is 12.8 Å². The summed E-state index contributed by atoms with van der Waals surface area (Å²) in [6.07, 6.45) is 0.706. The van der Waals surface area contributed by atoms with Crippen LogP contribution in [0.5, 0.6) is 0 Å². The normalized spacial score (nSPS) is 19.0. The molecule has 0 aromatic heterocycles. The fraction of sp³-hybridized carbons (Fsp3) is 0.667. The highest BCUT2D eigenvalue weighted by atomic mass is 16.5. The molecule has 0 aromatic rings. The molecule has 1 aliphatic rings. The molecule has 0 radical (unpaired) electrons. The Morgan fingerprint density at radius 1 is 1.53 bits per heavy atom. The molecule has 0 saturated heterocycles. The second-order valence-corrected chi connectivity index (χ2v) is 3.37. The van der Waals surface area contributed by atoms with Crippen molar-refractivity contribution in [2.75, 3.05) is 13.2 Å². The lowest BCUT2D eigenvalue weighted by molar-refractivity contribution is -0.142. The van der Waals surface area contributed by atoms with E-state index in [4.69, 9.17) is 4.74 Å². The van der Waals surface area contributed by atoms with E-state index in [2.05, 4.69) is 15.5 Å². The molecule has 0 fully saturated rings. The number of hydrogen-bond donors (Lipinski definition) is 2. The number of hydrogen-bond acceptors (Lipinski definition) is 6. The van der Waals surface area contributed by atoms with Crippen molar-refractivity contribution in [2.24, 2.45) is 10.2 Å². The molecule has 1 heterocycles. The Bertz CT molecular complexity index is 342. The molecular weight excluding hydrogens is 228 g/mol. The van der Waals surface area contributed by atoms with Gasteiger partial charge in [0, 0.05) is 0 Å². The van der Waals surface area contributed by atoms with Gasteiger partial charge in [0.1, 0.15) is 0 Å². The van der Waals surface area contributed by atoms with Crippen LogP contribution < -0.4 is 10.6 Å². The summed E-state index contributed by atoms with van der Waals surface area (Å²) in [6.45, 7) is 2.18. The van der Waals surface area contributed by atoms with Crippen LogP contribution in [-0.2, 0) is 14.3 Å². The molecule has 0 bridgehead atoms. The SMILES string of the molecule is CCCCOC(=O)CNC1N=NC(=O)NC1=O. The van der Waals surface area contributed by atoms with Crippen LogP contribution in [0.2, 0.25) is 0 Å². The number of urea groups is 1. The van der Waals surface area contributed by atoms with Crippen LogP contribution >= 0.6 is 0 Å². The highest BCUT2D eigenvalue weighted by Crippen LogP contribution is 1.96. The van der Waals surface area contributed by atoms with Crippen LogP contribution in [0, 0.1) is 0 Å². The largest absolute Gasteiger partial charge is 0.465 e. The van der Waals surface area contributed by atoms with Crippen molar-refractivity contribution >= 4 is 17.9 Å². The number of azo groups is 1. The predicted molar refractivity (Wildman–Crippen MR) is 56.1 cm³/mol. The van der Waals surface area contributed by atoms with Crippen LogP contribution in [0.1, 0.15) is 19.8 Å². The van der Waals surface area contributed by atoms with Crippen molar-refractivity contribution in [3.8, 4) is 0 Å². The van der Waals surface area contributed by atoms with E-state index >= 15 is 0 Å². The minimum Gasteiger partial charge on any atom is -0.465 e. The van der Waals surface area contributed by atoms with E-state index in [0.29, 0.717) is 6.61 Å². The molecule has 1 rings (SSSR count). The topological polar surface area (TPSA) is 109 Å². The van der Waals surface area contributed by atoms with Crippen molar-refractivity contribution in [3.05, 3.63) is 0 Å². The standard InChI is InChI=1S/C9H14N4O4/c1-2-3-4-17-6(14)5-10-7-8(15)11-9(16)13-12-7/h7,10H,2-5H2,1H3,(H,11,15,16). The Hall–Kier alpha value is -1.83. The molecule has 0 spiro atoms. The molecular formula is C9H14N4O4. The van der Waals surface area contributed by atoms with E-state index in [1.54, 1.807) is 0 Å². The lowest BCUT2D eigenvalue weighted by Crippen LogP contribution is -2.48. The number of ether oxygens (including phenoxy) is 1. The Morgan fingerprint density at radius 2 is 2.29 bits per heavy atom. The number of carbonyl (C=O) groups is 3. The maximum Gasteiger partial charge on any atom is 0.366 e. The number of nitrogens with zero attached hydrogens (tertiary/aromatic N) is 2. The van der Waals surface area contributed by atoms with Gasteiger partial charge in [-0.25, -0.2) is 4.79 Å². The third-order valence-corrected chi connectivity index (χ3v) is 1.94. The molecule has 8 nitrogen and oxygen atoms in total. The van der Waals surface area contributed by atoms with Crippen molar-refractivity contribution in [1.29, 1.82) is 0 Å². The Labute approximate surface area is 97.8 Å². The van der Waals surface area contributed by atoms with Crippen molar-refractivity contribution in [1.82, 2.24) is 10.6 Å². The summed E-state index contributed by atoms with van der Waals surface area (Å²) in [5.41, 5.74) is 0. The number of nitrogens with one attached hydrogen (secondary N) is 2. The first-order chi connectivity index (χ1) is 8.13. The van der Waals surface area contributed by atoms with Crippen LogP contribution in [0.3, 0.4) is 0 Å². The van der Waals surface area contributed by atoms with Crippen molar-refractivity contribution in [2.45, 2.75) is 25.9 Å². The second kappa shape index (κ2) is 6.69. The molecule has 8 heteroatoms. The van der Waals surface area contributed by atoms with Gasteiger partial charge < -0.3 is 4.74 Å². The van der Waals surface area contributed by atoms with E-state index in [1.807, 2.05) is 12.2 Å². The van der Waals surface area contributed by atoms with E-state index in [1.165, 1.54) is 0 Å². The molecule has 1 atom stereocenters. The highest BCUT2D eigenvalue weighted by Gasteiger charge is 2.24. The summed E-state index contributed by atoms with van der Waals surface area (Å²) < 4.78 is 4.86. The molecule has 94 valence electrons. The monoisotopic (exact) mass is 242 g/mol. The molecule has 1 unspecified atom stereocenters. The van der Waals surface area contributed by atoms with Gasteiger partial charge in [-0.2, -0.15) is 5.11 Å². The smallest absolute Gasteiger partial charge is 0.366 e. The minimum absolute atomic E-state index is 0.158. The van der Waals surface area contributed by atoms with Crippen molar-refractivity contribution < 1.29 is 19.1 Å². The Balaban J connectivity index is 2.26. The van der Waals surface area contributed by atoms with E-state index in [-0.39, 0.29) is 6.54 Å². The lowest BCUT2D eigenvalue weighted by atomic mass is 10.4. The zero-order valence-corrected chi connectivity index (χ0v) is 9.43. The maximum atomic E-state index is 11.2. The van der Waals surface area contributed by atoms with E-state index in [9.17, 15) is 14.4 Å². The highest BCUT2D eigenvalue weighted by molar-refractivity contribution is 5.98. The predicted octanol–water partition coefficient (Wildman–Crippen LogP) is -0.0526. The van der Waals surface area contributed by atoms with E-state index < -0.39 is 24.1 Å². The lowest BCUT2D eigenvalue weighted by Gasteiger charge is -2.14. The second-order valence-electron chi connectivity index (χ2n) is 3.37. The molecule has 0 aromatic carbocycles. The van der Waals surface area contributed by atoms with Crippen LogP contribution in [0.4, 0.5) is 4.79 Å². The Morgan fingerprint density at radius 3 is 2.94 bits per heavy atom. The molecule has 0 aliphatic carbocycles. The summed E-state index contributed by atoms with van der Waals surface area (Å²) in [7, 11) is 0. The number of carbonyl (C=O) groups excluding carboxylic acids is 3. The number of amides is 3. The molecule has 2 N–H and O–H groups in total. The van der Waals surface area contributed by atoms with Gasteiger partial charge in [0.15, 0.2) is 0 Å². The summed E-state index contributed by atoms with van der Waals surface area (Å²) >= 11 is 0. The molecule has 3 amide bonds. The van der Waals surface area contributed by atoms with Gasteiger partial charge in [-0.05, 0) is 6.42 Å². The molecule has 17 heavy (non-hydrogen) atoms. The van der Waals surface area contributed by atoms with Crippen LogP contribution in [0.15, 0.2) is 10.2 Å². The molecule has 0 saturated carbocycles. The van der Waals surface area contributed by atoms with Gasteiger partial charge in [-0.3, -0.25) is 20.2 Å². The number of unbranched alkanes of at least 4 members (excludes halogenated alkanes) is 1. The third kappa shape index (κ3) is 4.68. The van der Waals surface area contributed by atoms with Gasteiger partial charge in [0.2, 0.25) is 6.17 Å². The number of rotatable bonds is 6. The minimum atomic E-state index is -1.02. The summed E-state index contributed by atoms with van der Waals surface area (Å²) in [5, 5.41) is 11.0. The van der Waals surface area contributed by atoms with Gasteiger partial charge in [-0.1, -0.05) is 18.5 Å². The third-order valence-electron chi connectivity index (χ3n) is 1.94. The average Bonchev–Trinajstić information content (AvgIpc) is 2.28. The average molecular weight is 242 g/mol. The van der Waals surface area contributed by atoms with Crippen LogP contribution in [-0.4, -0.2) is 37.2 Å². The maximum absolute atomic E-state index is 11.2. The van der Waals surface area contributed by atoms with Gasteiger partial charge in [0.05, 0.1) is 13.2 Å². The first-order valence-corrected chi connectivity index (χ1v) is 5.28. The number of imide groups is 1. The summed E-state index contributed by atoms with van der Waals surface area (Å²) in [5.74, 6) is -1.11. The van der Waals surface area contributed by atoms with Crippen LogP contribution in [0.25, 0.3) is 0 Å². The van der Waals surface area contributed by atoms with Gasteiger partial charge in [-0.15, -0.1) is 0 Å². The number of esters is 1. The summed E-state index contributed by atoms with van der Waals surface area (Å²) in [4.78, 5) is 33.0. The molecule has 1 aliphatic heterocycles. The fourth-order valence-electron chi connectivity index (χ4n) is 1.06. The van der Waals surface area contributed by atoms with Gasteiger partial charge in [0.25, 0.3) is 5.91 Å². The van der Waals surface area contributed by atoms with Gasteiger partial charge >= 0.3 is 12.0 Å². The first kappa shape index (κ1) is 13.2. The van der Waals surface area contributed by atoms with Crippen molar-refractivity contribution in [3.63, 3.8) is 0 Å².